The Hall–Kier alpha value is -3.88. The Morgan fingerprint density at radius 2 is 2.04 bits per heavy atom. The van der Waals surface area contributed by atoms with Crippen LogP contribution in [0.3, 0.4) is 0 Å². The van der Waals surface area contributed by atoms with Crippen LogP contribution < -0.4 is 5.32 Å². The summed E-state index contributed by atoms with van der Waals surface area (Å²) < 4.78 is 10.0. The quantitative estimate of drug-likeness (QED) is 0.676. The van der Waals surface area contributed by atoms with Gasteiger partial charge in [0.2, 0.25) is 0 Å². The number of H-pyrrole nitrogens is 1. The van der Waals surface area contributed by atoms with Gasteiger partial charge in [0.1, 0.15) is 5.69 Å². The molecule has 0 radical (unpaired) electrons. The van der Waals surface area contributed by atoms with Gasteiger partial charge in [-0.05, 0) is 17.7 Å². The maximum atomic E-state index is 12.7. The van der Waals surface area contributed by atoms with Crippen molar-refractivity contribution in [2.75, 3.05) is 13.2 Å². The zero-order valence-electron chi connectivity index (χ0n) is 14.6. The number of hydrogen-bond donors (Lipinski definition) is 2. The maximum Gasteiger partial charge on any atom is 0.417 e. The molecule has 0 bridgehead atoms. The number of hydrogen-bond acceptors (Lipinski definition) is 6. The maximum absolute atomic E-state index is 12.7. The van der Waals surface area contributed by atoms with E-state index < -0.39 is 23.9 Å². The van der Waals surface area contributed by atoms with Crippen molar-refractivity contribution in [3.63, 3.8) is 0 Å². The third-order valence-corrected chi connectivity index (χ3v) is 4.31. The van der Waals surface area contributed by atoms with Crippen molar-refractivity contribution in [2.45, 2.75) is 6.04 Å². The van der Waals surface area contributed by atoms with E-state index in [2.05, 4.69) is 15.5 Å². The smallest absolute Gasteiger partial charge is 0.417 e. The number of nitrogens with zero attached hydrogens (tertiary/aromatic N) is 2. The van der Waals surface area contributed by atoms with Gasteiger partial charge >= 0.3 is 6.09 Å². The minimum Gasteiger partial charge on any atom is -0.463 e. The molecule has 2 N–H and O–H groups in total. The molecular formula is C19H16N4O5. The fourth-order valence-corrected chi connectivity index (χ4v) is 2.89. The number of cyclic esters (lactones) is 1. The highest BCUT2D eigenvalue weighted by Gasteiger charge is 2.34. The molecule has 0 saturated carbocycles. The first-order valence-corrected chi connectivity index (χ1v) is 8.54. The minimum atomic E-state index is -0.722. The van der Waals surface area contributed by atoms with Gasteiger partial charge in [-0.3, -0.25) is 14.7 Å². The molecule has 0 spiro atoms. The predicted molar refractivity (Wildman–Crippen MR) is 96.0 cm³/mol. The lowest BCUT2D eigenvalue weighted by atomic mass is 10.1. The average Bonchev–Trinajstić information content (AvgIpc) is 3.45. The second-order valence-electron chi connectivity index (χ2n) is 6.14. The molecule has 142 valence electrons. The minimum absolute atomic E-state index is 0.0388. The average molecular weight is 380 g/mol. The molecule has 3 heterocycles. The van der Waals surface area contributed by atoms with Crippen molar-refractivity contribution in [1.29, 1.82) is 0 Å². The van der Waals surface area contributed by atoms with E-state index in [-0.39, 0.29) is 18.8 Å². The Morgan fingerprint density at radius 1 is 1.21 bits per heavy atom. The molecule has 2 aromatic heterocycles. The SMILES string of the molecule is O=C(N[C@@H](CN1C(=O)COC1=O)c1ccccc1)c1cc(-c2ccco2)[nH]n1. The number of carbonyl (C=O) groups is 3. The number of imide groups is 1. The molecule has 28 heavy (non-hydrogen) atoms. The van der Waals surface area contributed by atoms with Crippen molar-refractivity contribution in [1.82, 2.24) is 20.4 Å². The number of aromatic nitrogens is 2. The normalized spacial score (nSPS) is 14.8. The van der Waals surface area contributed by atoms with Crippen molar-refractivity contribution < 1.29 is 23.5 Å². The third kappa shape index (κ3) is 3.50. The van der Waals surface area contributed by atoms with E-state index in [4.69, 9.17) is 9.15 Å². The van der Waals surface area contributed by atoms with Gasteiger partial charge in [-0.2, -0.15) is 5.10 Å². The fraction of sp³-hybridized carbons (Fsp3) is 0.158. The van der Waals surface area contributed by atoms with Crippen molar-refractivity contribution in [3.8, 4) is 11.5 Å². The van der Waals surface area contributed by atoms with E-state index in [0.29, 0.717) is 11.5 Å². The number of ether oxygens (including phenoxy) is 1. The van der Waals surface area contributed by atoms with Crippen LogP contribution in [-0.2, 0) is 9.53 Å². The van der Waals surface area contributed by atoms with Crippen LogP contribution >= 0.6 is 0 Å². The molecule has 1 aliphatic heterocycles. The first-order valence-electron chi connectivity index (χ1n) is 8.54. The first-order chi connectivity index (χ1) is 13.6. The zero-order valence-corrected chi connectivity index (χ0v) is 14.6. The van der Waals surface area contributed by atoms with Crippen molar-refractivity contribution in [2.24, 2.45) is 0 Å². The largest absolute Gasteiger partial charge is 0.463 e. The molecule has 3 amide bonds. The third-order valence-electron chi connectivity index (χ3n) is 4.31. The van der Waals surface area contributed by atoms with Gasteiger partial charge in [-0.1, -0.05) is 30.3 Å². The Labute approximate surface area is 159 Å². The van der Waals surface area contributed by atoms with Crippen LogP contribution in [0, 0.1) is 0 Å². The topological polar surface area (TPSA) is 118 Å². The van der Waals surface area contributed by atoms with E-state index in [1.54, 1.807) is 30.3 Å². The Balaban J connectivity index is 1.54. The molecule has 1 aromatic carbocycles. The van der Waals surface area contributed by atoms with Gasteiger partial charge in [0.25, 0.3) is 11.8 Å². The lowest BCUT2D eigenvalue weighted by Gasteiger charge is -2.22. The molecule has 9 nitrogen and oxygen atoms in total. The number of furan rings is 1. The summed E-state index contributed by atoms with van der Waals surface area (Å²) in [6.45, 7) is -0.330. The highest BCUT2D eigenvalue weighted by molar-refractivity contribution is 5.98. The molecular weight excluding hydrogens is 364 g/mol. The van der Waals surface area contributed by atoms with Crippen LogP contribution in [0.2, 0.25) is 0 Å². The highest BCUT2D eigenvalue weighted by Crippen LogP contribution is 2.20. The summed E-state index contributed by atoms with van der Waals surface area (Å²) in [7, 11) is 0. The van der Waals surface area contributed by atoms with E-state index in [0.717, 1.165) is 10.5 Å². The standard InChI is InChI=1S/C19H16N4O5/c24-17-11-28-19(26)23(17)10-15(12-5-2-1-3-6-12)20-18(25)14-9-13(21-22-14)16-7-4-8-27-16/h1-9,15H,10-11H2,(H,20,25)(H,21,22)/t15-/m0/s1. The molecule has 1 saturated heterocycles. The van der Waals surface area contributed by atoms with Crippen LogP contribution in [0.25, 0.3) is 11.5 Å². The van der Waals surface area contributed by atoms with E-state index in [1.165, 1.54) is 6.26 Å². The molecule has 1 aliphatic rings. The number of rotatable bonds is 6. The second kappa shape index (κ2) is 7.39. The summed E-state index contributed by atoms with van der Waals surface area (Å²) in [4.78, 5) is 37.4. The fourth-order valence-electron chi connectivity index (χ4n) is 2.89. The van der Waals surface area contributed by atoms with Crippen LogP contribution in [-0.4, -0.2) is 46.2 Å². The summed E-state index contributed by atoms with van der Waals surface area (Å²) in [5, 5.41) is 9.58. The summed E-state index contributed by atoms with van der Waals surface area (Å²) in [6.07, 6.45) is 0.799. The molecule has 0 unspecified atom stereocenters. The summed E-state index contributed by atoms with van der Waals surface area (Å²) in [5.74, 6) is -0.348. The zero-order chi connectivity index (χ0) is 19.5. The predicted octanol–water partition coefficient (Wildman–Crippen LogP) is 2.12. The highest BCUT2D eigenvalue weighted by atomic mass is 16.6. The van der Waals surface area contributed by atoms with Crippen molar-refractivity contribution >= 4 is 17.9 Å². The first kappa shape index (κ1) is 17.5. The summed E-state index contributed by atoms with van der Waals surface area (Å²) >= 11 is 0. The Kier molecular flexibility index (Phi) is 4.63. The Morgan fingerprint density at radius 3 is 2.71 bits per heavy atom. The van der Waals surface area contributed by atoms with E-state index in [1.807, 2.05) is 18.2 Å². The molecule has 0 aliphatic carbocycles. The van der Waals surface area contributed by atoms with Gasteiger partial charge in [0, 0.05) is 6.07 Å². The number of aromatic amines is 1. The summed E-state index contributed by atoms with van der Waals surface area (Å²) in [6, 6.07) is 13.5. The van der Waals surface area contributed by atoms with Gasteiger partial charge < -0.3 is 14.5 Å². The lowest BCUT2D eigenvalue weighted by molar-refractivity contribution is -0.126. The molecule has 1 atom stereocenters. The number of benzene rings is 1. The van der Waals surface area contributed by atoms with Gasteiger partial charge in [-0.25, -0.2) is 9.69 Å². The molecule has 3 aromatic rings. The molecule has 1 fully saturated rings. The lowest BCUT2D eigenvalue weighted by Crippen LogP contribution is -2.40. The van der Waals surface area contributed by atoms with Gasteiger partial charge in [0.05, 0.1) is 18.8 Å². The van der Waals surface area contributed by atoms with Crippen LogP contribution in [0.4, 0.5) is 4.79 Å². The Bertz CT molecular complexity index is 981. The second-order valence-corrected chi connectivity index (χ2v) is 6.14. The van der Waals surface area contributed by atoms with Crippen LogP contribution in [0.5, 0.6) is 0 Å². The number of amides is 3. The summed E-state index contributed by atoms with van der Waals surface area (Å²) in [5.41, 5.74) is 1.46. The monoisotopic (exact) mass is 380 g/mol. The van der Waals surface area contributed by atoms with Crippen molar-refractivity contribution in [3.05, 3.63) is 66.1 Å². The number of nitrogens with one attached hydrogen (secondary N) is 2. The molecule has 4 rings (SSSR count). The molecule has 9 heteroatoms. The number of carbonyl (C=O) groups excluding carboxylic acids is 3. The van der Waals surface area contributed by atoms with E-state index >= 15 is 0 Å². The van der Waals surface area contributed by atoms with E-state index in [9.17, 15) is 14.4 Å². The van der Waals surface area contributed by atoms with Gasteiger partial charge in [-0.15, -0.1) is 0 Å². The van der Waals surface area contributed by atoms with Crippen LogP contribution in [0.15, 0.2) is 59.2 Å². The van der Waals surface area contributed by atoms with Crippen LogP contribution in [0.1, 0.15) is 22.1 Å². The van der Waals surface area contributed by atoms with Gasteiger partial charge in [0.15, 0.2) is 18.1 Å².